The lowest BCUT2D eigenvalue weighted by Crippen LogP contribution is -1.82. The predicted molar refractivity (Wildman–Crippen MR) is 40.9 cm³/mol. The van der Waals surface area contributed by atoms with Gasteiger partial charge in [-0.15, -0.1) is 0 Å². The van der Waals surface area contributed by atoms with Gasteiger partial charge in [0.1, 0.15) is 11.7 Å². The Bertz CT molecular complexity index is 467. The summed E-state index contributed by atoms with van der Waals surface area (Å²) in [5, 5.41) is 8.85. The molecule has 1 heterocycles. The predicted octanol–water partition coefficient (Wildman–Crippen LogP) is 2.44. The highest BCUT2D eigenvalue weighted by Crippen LogP contribution is 2.21. The number of benzene rings is 1. The van der Waals surface area contributed by atoms with Crippen LogP contribution in [0.1, 0.15) is 5.56 Å². The second kappa shape index (κ2) is 2.35. The Kier molecular flexibility index (Phi) is 1.34. The van der Waals surface area contributed by atoms with E-state index in [0.717, 1.165) is 0 Å². The third-order valence-corrected chi connectivity index (χ3v) is 1.69. The summed E-state index contributed by atoms with van der Waals surface area (Å²) in [5.41, 5.74) is 0.510. The van der Waals surface area contributed by atoms with Gasteiger partial charge in [-0.3, -0.25) is 0 Å². The summed E-state index contributed by atoms with van der Waals surface area (Å²) in [7, 11) is 0. The van der Waals surface area contributed by atoms with Crippen LogP contribution < -0.4 is 0 Å². The van der Waals surface area contributed by atoms with Crippen molar-refractivity contribution in [2.45, 2.75) is 0 Å². The fourth-order valence-electron chi connectivity index (χ4n) is 1.09. The molecule has 2 nitrogen and oxygen atoms in total. The summed E-state index contributed by atoms with van der Waals surface area (Å²) < 4.78 is 18.2. The first kappa shape index (κ1) is 6.86. The van der Waals surface area contributed by atoms with Crippen molar-refractivity contribution in [3.05, 3.63) is 35.8 Å². The van der Waals surface area contributed by atoms with Crippen LogP contribution in [-0.4, -0.2) is 0 Å². The van der Waals surface area contributed by atoms with Crippen molar-refractivity contribution < 1.29 is 8.81 Å². The maximum absolute atomic E-state index is 13.2. The third kappa shape index (κ3) is 0.785. The minimum Gasteiger partial charge on any atom is -0.464 e. The molecule has 12 heavy (non-hydrogen) atoms. The van der Waals surface area contributed by atoms with Crippen molar-refractivity contribution in [1.82, 2.24) is 0 Å². The van der Waals surface area contributed by atoms with E-state index in [2.05, 4.69) is 0 Å². The van der Waals surface area contributed by atoms with Crippen LogP contribution in [0.3, 0.4) is 0 Å². The Morgan fingerprint density at radius 2 is 2.17 bits per heavy atom. The molecule has 0 spiro atoms. The summed E-state index contributed by atoms with van der Waals surface area (Å²) in [6, 6.07) is 6.25. The van der Waals surface area contributed by atoms with E-state index in [9.17, 15) is 4.39 Å². The number of hydrogen-bond acceptors (Lipinski definition) is 2. The molecule has 0 bridgehead atoms. The average molecular weight is 161 g/mol. The lowest BCUT2D eigenvalue weighted by atomic mass is 10.1. The Morgan fingerprint density at radius 1 is 1.33 bits per heavy atom. The maximum Gasteiger partial charge on any atom is 0.152 e. The number of fused-ring (bicyclic) bond motifs is 1. The molecule has 0 aliphatic rings. The highest BCUT2D eigenvalue weighted by atomic mass is 19.1. The molecule has 0 saturated heterocycles. The van der Waals surface area contributed by atoms with E-state index < -0.39 is 5.82 Å². The van der Waals surface area contributed by atoms with Gasteiger partial charge in [-0.2, -0.15) is 5.26 Å². The maximum atomic E-state index is 13.2. The molecular weight excluding hydrogens is 157 g/mol. The van der Waals surface area contributed by atoms with Crippen LogP contribution in [0.15, 0.2) is 28.9 Å². The Labute approximate surface area is 67.8 Å². The highest BCUT2D eigenvalue weighted by Gasteiger charge is 2.07. The zero-order chi connectivity index (χ0) is 8.55. The summed E-state index contributed by atoms with van der Waals surface area (Å²) in [4.78, 5) is 0. The molecule has 0 atom stereocenters. The van der Waals surface area contributed by atoms with Crippen LogP contribution in [0.25, 0.3) is 11.0 Å². The number of nitrogens with zero attached hydrogens (tertiary/aromatic N) is 1. The van der Waals surface area contributed by atoms with Gasteiger partial charge in [-0.25, -0.2) is 4.39 Å². The summed E-state index contributed by atoms with van der Waals surface area (Å²) in [6.07, 6.45) is 1.40. The Balaban J connectivity index is 2.89. The van der Waals surface area contributed by atoms with Crippen molar-refractivity contribution in [3.63, 3.8) is 0 Å². The molecule has 0 unspecified atom stereocenters. The summed E-state index contributed by atoms with van der Waals surface area (Å²) in [5.74, 6) is -0.510. The number of rotatable bonds is 0. The van der Waals surface area contributed by atoms with Crippen LogP contribution in [0.4, 0.5) is 4.39 Å². The van der Waals surface area contributed by atoms with E-state index in [1.165, 1.54) is 18.4 Å². The summed E-state index contributed by atoms with van der Waals surface area (Å²) >= 11 is 0. The lowest BCUT2D eigenvalue weighted by Gasteiger charge is -1.92. The van der Waals surface area contributed by atoms with Gasteiger partial charge in [0, 0.05) is 0 Å². The fraction of sp³-hybridized carbons (Fsp3) is 0. The van der Waals surface area contributed by atoms with E-state index >= 15 is 0 Å². The normalized spacial score (nSPS) is 10.0. The zero-order valence-corrected chi connectivity index (χ0v) is 6.04. The molecule has 0 N–H and O–H groups in total. The van der Waals surface area contributed by atoms with Crippen molar-refractivity contribution in [1.29, 1.82) is 5.26 Å². The molecule has 0 saturated carbocycles. The van der Waals surface area contributed by atoms with Gasteiger partial charge in [-0.05, 0) is 18.2 Å². The molecule has 1 aromatic heterocycles. The highest BCUT2D eigenvalue weighted by molar-refractivity contribution is 5.79. The average Bonchev–Trinajstić information content (AvgIpc) is 2.53. The van der Waals surface area contributed by atoms with Crippen LogP contribution in [0.2, 0.25) is 0 Å². The topological polar surface area (TPSA) is 36.9 Å². The van der Waals surface area contributed by atoms with Crippen molar-refractivity contribution >= 4 is 11.0 Å². The molecule has 0 radical (unpaired) electrons. The van der Waals surface area contributed by atoms with Crippen LogP contribution in [0, 0.1) is 17.1 Å². The van der Waals surface area contributed by atoms with Gasteiger partial charge in [0.15, 0.2) is 5.82 Å². The first-order chi connectivity index (χ1) is 5.83. The smallest absolute Gasteiger partial charge is 0.152 e. The molecule has 58 valence electrons. The molecule has 1 aromatic carbocycles. The largest absolute Gasteiger partial charge is 0.464 e. The number of halogens is 1. The van der Waals surface area contributed by atoms with E-state index in [1.807, 2.05) is 0 Å². The van der Waals surface area contributed by atoms with Gasteiger partial charge in [0.2, 0.25) is 0 Å². The first-order valence-electron chi connectivity index (χ1n) is 3.39. The molecular formula is C9H4FNO. The van der Waals surface area contributed by atoms with Crippen molar-refractivity contribution in [2.24, 2.45) is 0 Å². The molecule has 2 aromatic rings. The lowest BCUT2D eigenvalue weighted by molar-refractivity contribution is 0.609. The van der Waals surface area contributed by atoms with Gasteiger partial charge >= 0.3 is 0 Å². The van der Waals surface area contributed by atoms with E-state index in [0.29, 0.717) is 11.0 Å². The molecule has 0 aliphatic carbocycles. The van der Waals surface area contributed by atoms with Gasteiger partial charge < -0.3 is 4.42 Å². The molecule has 3 heteroatoms. The Morgan fingerprint density at radius 3 is 2.92 bits per heavy atom. The summed E-state index contributed by atoms with van der Waals surface area (Å²) in [6.45, 7) is 0. The second-order valence-corrected chi connectivity index (χ2v) is 2.37. The van der Waals surface area contributed by atoms with Crippen LogP contribution >= 0.6 is 0 Å². The van der Waals surface area contributed by atoms with Crippen LogP contribution in [0.5, 0.6) is 0 Å². The molecule has 0 aliphatic heterocycles. The zero-order valence-electron chi connectivity index (χ0n) is 6.04. The quantitative estimate of drug-likeness (QED) is 0.595. The van der Waals surface area contributed by atoms with E-state index in [1.54, 1.807) is 12.1 Å². The van der Waals surface area contributed by atoms with Gasteiger partial charge in [0.25, 0.3) is 0 Å². The monoisotopic (exact) mass is 161 g/mol. The number of hydrogen-bond donors (Lipinski definition) is 0. The number of furan rings is 1. The van der Waals surface area contributed by atoms with Crippen LogP contribution in [-0.2, 0) is 0 Å². The van der Waals surface area contributed by atoms with E-state index in [4.69, 9.17) is 9.68 Å². The Hall–Kier alpha value is -1.82. The molecule has 2 rings (SSSR count). The minimum atomic E-state index is -0.510. The minimum absolute atomic E-state index is 0.0453. The molecule has 0 amide bonds. The van der Waals surface area contributed by atoms with Gasteiger partial charge in [0.05, 0.1) is 17.2 Å². The third-order valence-electron chi connectivity index (χ3n) is 1.69. The van der Waals surface area contributed by atoms with Gasteiger partial charge in [-0.1, -0.05) is 0 Å². The van der Waals surface area contributed by atoms with E-state index in [-0.39, 0.29) is 5.56 Å². The van der Waals surface area contributed by atoms with Crippen molar-refractivity contribution in [3.8, 4) is 6.07 Å². The SMILES string of the molecule is N#Cc1ccc2occc2c1F. The van der Waals surface area contributed by atoms with Crippen molar-refractivity contribution in [2.75, 3.05) is 0 Å². The first-order valence-corrected chi connectivity index (χ1v) is 3.39. The number of nitriles is 1. The molecule has 0 fully saturated rings. The second-order valence-electron chi connectivity index (χ2n) is 2.37. The standard InChI is InChI=1S/C9H4FNO/c10-9-6(5-11)1-2-8-7(9)3-4-12-8/h1-4H. The fourth-order valence-corrected chi connectivity index (χ4v) is 1.09.